The second kappa shape index (κ2) is 6.76. The molecule has 0 saturated carbocycles. The Morgan fingerprint density at radius 3 is 2.36 bits per heavy atom. The maximum Gasteiger partial charge on any atom is 0.229 e. The summed E-state index contributed by atoms with van der Waals surface area (Å²) in [5.74, 6) is 0.150. The fraction of sp³-hybridized carbons (Fsp3) is 0.800. The minimum absolute atomic E-state index is 0.0414. The van der Waals surface area contributed by atoms with Crippen molar-refractivity contribution in [3.05, 3.63) is 0 Å². The first-order valence-corrected chi connectivity index (χ1v) is 5.50. The molecular formula is C10H20N2OS. The van der Waals surface area contributed by atoms with Crippen molar-refractivity contribution in [1.82, 2.24) is 5.32 Å². The first-order chi connectivity index (χ1) is 6.52. The van der Waals surface area contributed by atoms with E-state index >= 15 is 0 Å². The summed E-state index contributed by atoms with van der Waals surface area (Å²) >= 11 is 4.82. The van der Waals surface area contributed by atoms with Crippen LogP contribution in [0.1, 0.15) is 33.6 Å². The third-order valence-electron chi connectivity index (χ3n) is 2.39. The van der Waals surface area contributed by atoms with Gasteiger partial charge in [-0.15, -0.1) is 0 Å². The van der Waals surface area contributed by atoms with E-state index in [2.05, 4.69) is 19.2 Å². The fourth-order valence-corrected chi connectivity index (χ4v) is 1.33. The van der Waals surface area contributed by atoms with Crippen LogP contribution in [0.25, 0.3) is 0 Å². The minimum atomic E-state index is -0.311. The standard InChI is InChI=1S/C10H20N2OS/c1-4-7(3)6-12-10(13)8(5-2)9(11)14/h7-8H,4-6H2,1-3H3,(H2,11,14)(H,12,13). The molecule has 0 aliphatic rings. The largest absolute Gasteiger partial charge is 0.393 e. The molecule has 0 heterocycles. The van der Waals surface area contributed by atoms with Gasteiger partial charge in [-0.25, -0.2) is 0 Å². The van der Waals surface area contributed by atoms with Crippen LogP contribution in [0.3, 0.4) is 0 Å². The highest BCUT2D eigenvalue weighted by Crippen LogP contribution is 2.04. The summed E-state index contributed by atoms with van der Waals surface area (Å²) in [6, 6.07) is 0. The van der Waals surface area contributed by atoms with Gasteiger partial charge in [-0.3, -0.25) is 4.79 Å². The lowest BCUT2D eigenvalue weighted by molar-refractivity contribution is -0.123. The molecule has 0 bridgehead atoms. The van der Waals surface area contributed by atoms with E-state index in [1.54, 1.807) is 0 Å². The number of hydrogen-bond donors (Lipinski definition) is 2. The van der Waals surface area contributed by atoms with Crippen molar-refractivity contribution in [2.75, 3.05) is 6.54 Å². The second-order valence-corrected chi connectivity index (χ2v) is 4.09. The minimum Gasteiger partial charge on any atom is -0.393 e. The molecule has 82 valence electrons. The Labute approximate surface area is 91.4 Å². The molecule has 2 unspecified atom stereocenters. The smallest absolute Gasteiger partial charge is 0.229 e. The molecule has 0 aromatic rings. The van der Waals surface area contributed by atoms with Gasteiger partial charge in [0.15, 0.2) is 0 Å². The molecular weight excluding hydrogens is 196 g/mol. The first-order valence-electron chi connectivity index (χ1n) is 5.09. The van der Waals surface area contributed by atoms with Crippen molar-refractivity contribution < 1.29 is 4.79 Å². The Kier molecular flexibility index (Phi) is 6.45. The average Bonchev–Trinajstić information content (AvgIpc) is 2.14. The van der Waals surface area contributed by atoms with Crippen molar-refractivity contribution in [3.63, 3.8) is 0 Å². The quantitative estimate of drug-likeness (QED) is 0.661. The van der Waals surface area contributed by atoms with E-state index < -0.39 is 0 Å². The lowest BCUT2D eigenvalue weighted by Crippen LogP contribution is -2.39. The predicted octanol–water partition coefficient (Wildman–Crippen LogP) is 1.46. The number of rotatable bonds is 6. The SMILES string of the molecule is CCC(C)CNC(=O)C(CC)C(N)=S. The highest BCUT2D eigenvalue weighted by atomic mass is 32.1. The van der Waals surface area contributed by atoms with Gasteiger partial charge in [0.2, 0.25) is 5.91 Å². The lowest BCUT2D eigenvalue weighted by atomic mass is 10.0. The molecule has 3 N–H and O–H groups in total. The zero-order valence-corrected chi connectivity index (χ0v) is 9.99. The average molecular weight is 216 g/mol. The number of hydrogen-bond acceptors (Lipinski definition) is 2. The maximum absolute atomic E-state index is 11.6. The Hall–Kier alpha value is -0.640. The van der Waals surface area contributed by atoms with Gasteiger partial charge in [0.05, 0.1) is 10.9 Å². The Morgan fingerprint density at radius 2 is 2.00 bits per heavy atom. The normalized spacial score (nSPS) is 14.5. The highest BCUT2D eigenvalue weighted by molar-refractivity contribution is 7.80. The van der Waals surface area contributed by atoms with E-state index in [-0.39, 0.29) is 16.8 Å². The van der Waals surface area contributed by atoms with Gasteiger partial charge in [-0.2, -0.15) is 0 Å². The van der Waals surface area contributed by atoms with Crippen molar-refractivity contribution in [2.24, 2.45) is 17.6 Å². The molecule has 4 heteroatoms. The zero-order chi connectivity index (χ0) is 11.1. The van der Waals surface area contributed by atoms with Crippen LogP contribution in [0.15, 0.2) is 0 Å². The van der Waals surface area contributed by atoms with Crippen LogP contribution in [0, 0.1) is 11.8 Å². The zero-order valence-electron chi connectivity index (χ0n) is 9.17. The van der Waals surface area contributed by atoms with Crippen LogP contribution in [-0.4, -0.2) is 17.4 Å². The second-order valence-electron chi connectivity index (χ2n) is 3.62. The summed E-state index contributed by atoms with van der Waals surface area (Å²) in [5, 5.41) is 2.86. The van der Waals surface area contributed by atoms with E-state index in [9.17, 15) is 4.79 Å². The molecule has 0 aliphatic heterocycles. The molecule has 0 rings (SSSR count). The maximum atomic E-state index is 11.6. The van der Waals surface area contributed by atoms with Crippen LogP contribution < -0.4 is 11.1 Å². The molecule has 3 nitrogen and oxygen atoms in total. The van der Waals surface area contributed by atoms with Crippen LogP contribution in [0.2, 0.25) is 0 Å². The van der Waals surface area contributed by atoms with Gasteiger partial charge < -0.3 is 11.1 Å². The van der Waals surface area contributed by atoms with E-state index in [0.29, 0.717) is 18.9 Å². The van der Waals surface area contributed by atoms with Crippen LogP contribution in [-0.2, 0) is 4.79 Å². The van der Waals surface area contributed by atoms with Crippen molar-refractivity contribution >= 4 is 23.1 Å². The topological polar surface area (TPSA) is 55.1 Å². The van der Waals surface area contributed by atoms with Crippen LogP contribution in [0.4, 0.5) is 0 Å². The van der Waals surface area contributed by atoms with E-state index in [1.165, 1.54) is 0 Å². The van der Waals surface area contributed by atoms with E-state index in [0.717, 1.165) is 6.42 Å². The molecule has 0 radical (unpaired) electrons. The van der Waals surface area contributed by atoms with Crippen molar-refractivity contribution in [1.29, 1.82) is 0 Å². The van der Waals surface area contributed by atoms with Gasteiger partial charge in [-0.1, -0.05) is 39.4 Å². The monoisotopic (exact) mass is 216 g/mol. The molecule has 1 amide bonds. The molecule has 0 aromatic heterocycles. The molecule has 0 saturated heterocycles. The number of thiocarbonyl (C=S) groups is 1. The summed E-state index contributed by atoms with van der Waals surface area (Å²) in [7, 11) is 0. The van der Waals surface area contributed by atoms with Gasteiger partial charge in [0.1, 0.15) is 0 Å². The Morgan fingerprint density at radius 1 is 1.43 bits per heavy atom. The molecule has 0 aromatic carbocycles. The third-order valence-corrected chi connectivity index (χ3v) is 2.67. The van der Waals surface area contributed by atoms with Gasteiger partial charge in [-0.05, 0) is 12.3 Å². The van der Waals surface area contributed by atoms with Crippen molar-refractivity contribution in [2.45, 2.75) is 33.6 Å². The lowest BCUT2D eigenvalue weighted by Gasteiger charge is -2.15. The molecule has 0 spiro atoms. The van der Waals surface area contributed by atoms with Crippen molar-refractivity contribution in [3.8, 4) is 0 Å². The first kappa shape index (κ1) is 13.4. The van der Waals surface area contributed by atoms with E-state index in [1.807, 2.05) is 6.92 Å². The summed E-state index contributed by atoms with van der Waals surface area (Å²) in [4.78, 5) is 11.8. The number of carbonyl (C=O) groups is 1. The van der Waals surface area contributed by atoms with E-state index in [4.69, 9.17) is 18.0 Å². The van der Waals surface area contributed by atoms with Gasteiger partial charge in [0, 0.05) is 6.54 Å². The predicted molar refractivity (Wildman–Crippen MR) is 63.0 cm³/mol. The number of amides is 1. The number of carbonyl (C=O) groups excluding carboxylic acids is 1. The van der Waals surface area contributed by atoms with Gasteiger partial charge >= 0.3 is 0 Å². The number of nitrogens with one attached hydrogen (secondary N) is 1. The van der Waals surface area contributed by atoms with Crippen LogP contribution in [0.5, 0.6) is 0 Å². The highest BCUT2D eigenvalue weighted by Gasteiger charge is 2.18. The van der Waals surface area contributed by atoms with Crippen LogP contribution >= 0.6 is 12.2 Å². The molecule has 0 aliphatic carbocycles. The summed E-state index contributed by atoms with van der Waals surface area (Å²) in [5.41, 5.74) is 5.46. The summed E-state index contributed by atoms with van der Waals surface area (Å²) in [6.07, 6.45) is 1.73. The molecule has 0 fully saturated rings. The fourth-order valence-electron chi connectivity index (χ4n) is 1.06. The Bertz CT molecular complexity index is 206. The number of nitrogens with two attached hydrogens (primary N) is 1. The summed E-state index contributed by atoms with van der Waals surface area (Å²) in [6.45, 7) is 6.81. The third kappa shape index (κ3) is 4.56. The summed E-state index contributed by atoms with van der Waals surface area (Å²) < 4.78 is 0. The molecule has 2 atom stereocenters. The van der Waals surface area contributed by atoms with Gasteiger partial charge in [0.25, 0.3) is 0 Å². The molecule has 14 heavy (non-hydrogen) atoms. The Balaban J connectivity index is 3.99.